The lowest BCUT2D eigenvalue weighted by atomic mass is 10.1. The molecule has 0 aromatic heterocycles. The van der Waals surface area contributed by atoms with Gasteiger partial charge in [0, 0.05) is 4.11 Å². The van der Waals surface area contributed by atoms with Crippen LogP contribution in [0.15, 0.2) is 18.2 Å². The Hall–Kier alpha value is -0.780. The summed E-state index contributed by atoms with van der Waals surface area (Å²) in [5.74, 6) is 0. The van der Waals surface area contributed by atoms with Gasteiger partial charge in [0.05, 0.1) is 0 Å². The average molecular weight is 123 g/mol. The van der Waals surface area contributed by atoms with Crippen LogP contribution >= 0.6 is 0 Å². The van der Waals surface area contributed by atoms with E-state index in [9.17, 15) is 0 Å². The molecule has 0 unspecified atom stereocenters. The molecule has 0 amide bonds. The van der Waals surface area contributed by atoms with Crippen LogP contribution in [0, 0.1) is 20.7 Å². The Kier molecular flexibility index (Phi) is 0.839. The zero-order valence-corrected chi connectivity index (χ0v) is 5.35. The molecule has 48 valence electrons. The maximum atomic E-state index is 7.27. The SMILES string of the molecule is [2H]Cc1cccc(C[2H])c1C[2H]. The highest BCUT2D eigenvalue weighted by atomic mass is 14.0. The molecule has 0 nitrogen and oxygen atoms in total. The molecule has 1 rings (SSSR count). The van der Waals surface area contributed by atoms with Gasteiger partial charge in [0.25, 0.3) is 0 Å². The summed E-state index contributed by atoms with van der Waals surface area (Å²) in [6, 6.07) is 5.57. The second kappa shape index (κ2) is 2.22. The van der Waals surface area contributed by atoms with E-state index in [1.165, 1.54) is 0 Å². The molecule has 0 atom stereocenters. The van der Waals surface area contributed by atoms with Gasteiger partial charge in [-0.2, -0.15) is 0 Å². The first-order valence-corrected chi connectivity index (χ1v) is 2.80. The molecule has 0 aliphatic carbocycles. The second-order valence-electron chi connectivity index (χ2n) is 2.05. The fourth-order valence-corrected chi connectivity index (χ4v) is 0.688. The minimum Gasteiger partial charge on any atom is -0.0617 e. The summed E-state index contributed by atoms with van der Waals surface area (Å²) in [6.07, 6.45) is 0. The Bertz CT molecular complexity index is 236. The first-order chi connectivity index (χ1) is 5.83. The molecule has 0 heteroatoms. The zero-order valence-electron chi connectivity index (χ0n) is 8.35. The highest BCUT2D eigenvalue weighted by Crippen LogP contribution is 2.09. The summed E-state index contributed by atoms with van der Waals surface area (Å²) in [4.78, 5) is 0. The van der Waals surface area contributed by atoms with Crippen molar-refractivity contribution >= 4 is 0 Å². The highest BCUT2D eigenvalue weighted by Gasteiger charge is 1.91. The molecular formula is C9H12. The van der Waals surface area contributed by atoms with Crippen LogP contribution in [-0.2, 0) is 0 Å². The van der Waals surface area contributed by atoms with Crippen molar-refractivity contribution in [2.24, 2.45) is 0 Å². The lowest BCUT2D eigenvalue weighted by molar-refractivity contribution is 1.27. The summed E-state index contributed by atoms with van der Waals surface area (Å²) in [5, 5.41) is 0. The molecule has 1 aromatic carbocycles. The van der Waals surface area contributed by atoms with Gasteiger partial charge in [0.15, 0.2) is 0 Å². The van der Waals surface area contributed by atoms with E-state index in [2.05, 4.69) is 0 Å². The van der Waals surface area contributed by atoms with E-state index >= 15 is 0 Å². The standard InChI is InChI=1S/C9H12/c1-7-5-4-6-8(2)9(7)3/h4-6H,1-3H3/i1D,2D,3D. The zero-order chi connectivity index (χ0) is 8.97. The highest BCUT2D eigenvalue weighted by molar-refractivity contribution is 5.31. The summed E-state index contributed by atoms with van der Waals surface area (Å²) in [7, 11) is 0. The molecule has 9 heavy (non-hydrogen) atoms. The van der Waals surface area contributed by atoms with Gasteiger partial charge < -0.3 is 0 Å². The van der Waals surface area contributed by atoms with Crippen LogP contribution in [0.3, 0.4) is 0 Å². The molecule has 0 aliphatic rings. The van der Waals surface area contributed by atoms with Gasteiger partial charge >= 0.3 is 0 Å². The van der Waals surface area contributed by atoms with Crippen molar-refractivity contribution in [2.75, 3.05) is 0 Å². The third kappa shape index (κ3) is 1.13. The first-order valence-electron chi connectivity index (χ1n) is 4.93. The maximum Gasteiger partial charge on any atom is 0.0280 e. The van der Waals surface area contributed by atoms with Crippen molar-refractivity contribution in [3.8, 4) is 0 Å². The van der Waals surface area contributed by atoms with Crippen molar-refractivity contribution in [2.45, 2.75) is 20.7 Å². The number of hydrogen-bond acceptors (Lipinski definition) is 0. The van der Waals surface area contributed by atoms with E-state index in [4.69, 9.17) is 4.11 Å². The van der Waals surface area contributed by atoms with Gasteiger partial charge in [-0.05, 0) is 37.4 Å². The maximum absolute atomic E-state index is 7.27. The lowest BCUT2D eigenvalue weighted by Crippen LogP contribution is -1.82. The van der Waals surface area contributed by atoms with Crippen molar-refractivity contribution in [1.29, 1.82) is 0 Å². The molecule has 0 bridgehead atoms. The van der Waals surface area contributed by atoms with Gasteiger partial charge in [0.1, 0.15) is 0 Å². The van der Waals surface area contributed by atoms with Gasteiger partial charge in [-0.3, -0.25) is 0 Å². The second-order valence-corrected chi connectivity index (χ2v) is 2.05. The van der Waals surface area contributed by atoms with Gasteiger partial charge in [-0.15, -0.1) is 0 Å². The summed E-state index contributed by atoms with van der Waals surface area (Å²) in [5.41, 5.74) is 2.63. The van der Waals surface area contributed by atoms with Crippen LogP contribution in [0.2, 0.25) is 0 Å². The predicted molar refractivity (Wildman–Crippen MR) is 40.7 cm³/mol. The van der Waals surface area contributed by atoms with Crippen molar-refractivity contribution in [1.82, 2.24) is 0 Å². The Labute approximate surface area is 60.7 Å². The van der Waals surface area contributed by atoms with Gasteiger partial charge in [0.2, 0.25) is 0 Å². The van der Waals surface area contributed by atoms with Crippen LogP contribution in [0.25, 0.3) is 0 Å². The lowest BCUT2D eigenvalue weighted by Gasteiger charge is -2.00. The molecular weight excluding hydrogens is 108 g/mol. The quantitative estimate of drug-likeness (QED) is 0.497. The summed E-state index contributed by atoms with van der Waals surface area (Å²) in [6.45, 7) is 0.605. The van der Waals surface area contributed by atoms with Gasteiger partial charge in [-0.25, -0.2) is 0 Å². The largest absolute Gasteiger partial charge is 0.0617 e. The molecule has 0 spiro atoms. The van der Waals surface area contributed by atoms with E-state index in [0.717, 1.165) is 16.7 Å². The molecule has 0 aliphatic heterocycles. The van der Waals surface area contributed by atoms with Gasteiger partial charge in [-0.1, -0.05) is 18.2 Å². The van der Waals surface area contributed by atoms with Crippen LogP contribution in [0.5, 0.6) is 0 Å². The summed E-state index contributed by atoms with van der Waals surface area (Å²) < 4.78 is 21.7. The molecule has 0 heterocycles. The van der Waals surface area contributed by atoms with Crippen LogP contribution < -0.4 is 0 Å². The summed E-state index contributed by atoms with van der Waals surface area (Å²) >= 11 is 0. The van der Waals surface area contributed by atoms with Crippen LogP contribution in [0.1, 0.15) is 20.8 Å². The Morgan fingerprint density at radius 2 is 1.78 bits per heavy atom. The number of hydrogen-bond donors (Lipinski definition) is 0. The Morgan fingerprint density at radius 1 is 1.11 bits per heavy atom. The minimum absolute atomic E-state index is 0.184. The van der Waals surface area contributed by atoms with E-state index in [0.29, 0.717) is 0 Å². The molecule has 1 aromatic rings. The van der Waals surface area contributed by atoms with E-state index in [1.807, 2.05) is 18.2 Å². The van der Waals surface area contributed by atoms with E-state index < -0.39 is 0 Å². The van der Waals surface area contributed by atoms with Crippen molar-refractivity contribution in [3.63, 3.8) is 0 Å². The fourth-order valence-electron chi connectivity index (χ4n) is 0.688. The van der Waals surface area contributed by atoms with E-state index in [-0.39, 0.29) is 20.7 Å². The molecule has 0 fully saturated rings. The molecule has 0 radical (unpaired) electrons. The average Bonchev–Trinajstić information content (AvgIpc) is 2.16. The number of benzene rings is 1. The topological polar surface area (TPSA) is 0 Å². The number of rotatable bonds is 0. The molecule has 0 saturated carbocycles. The van der Waals surface area contributed by atoms with Crippen LogP contribution in [-0.4, -0.2) is 0 Å². The monoisotopic (exact) mass is 123 g/mol. The third-order valence-electron chi connectivity index (χ3n) is 1.37. The third-order valence-corrected chi connectivity index (χ3v) is 1.37. The smallest absolute Gasteiger partial charge is 0.0280 e. The van der Waals surface area contributed by atoms with Crippen molar-refractivity contribution < 1.29 is 4.11 Å². The molecule has 0 N–H and O–H groups in total. The minimum atomic E-state index is 0.184. The normalized spacial score (nSPS) is 14.0. The van der Waals surface area contributed by atoms with Crippen molar-refractivity contribution in [3.05, 3.63) is 34.9 Å². The first kappa shape index (κ1) is 3.40. The number of aryl methyl sites for hydroxylation is 2. The van der Waals surface area contributed by atoms with E-state index in [1.54, 1.807) is 0 Å². The Balaban J connectivity index is 3.13. The van der Waals surface area contributed by atoms with Crippen LogP contribution in [0.4, 0.5) is 0 Å². The fraction of sp³-hybridized carbons (Fsp3) is 0.333. The predicted octanol–water partition coefficient (Wildman–Crippen LogP) is 2.61. The molecule has 0 saturated heterocycles. The Morgan fingerprint density at radius 3 is 2.22 bits per heavy atom.